The van der Waals surface area contributed by atoms with Crippen LogP contribution in [0.3, 0.4) is 0 Å². The molecular formula is C21H22F2N4O3S. The van der Waals surface area contributed by atoms with Gasteiger partial charge in [-0.25, -0.2) is 13.3 Å². The van der Waals surface area contributed by atoms with E-state index in [1.54, 1.807) is 18.3 Å². The fourth-order valence-corrected chi connectivity index (χ4v) is 3.85. The molecule has 2 aromatic heterocycles. The molecular weight excluding hydrogens is 426 g/mol. The topological polar surface area (TPSA) is 84.1 Å². The number of hydrogen-bond donors (Lipinski definition) is 0. The third-order valence-corrected chi connectivity index (χ3v) is 5.06. The van der Waals surface area contributed by atoms with E-state index in [1.165, 1.54) is 29.3 Å². The summed E-state index contributed by atoms with van der Waals surface area (Å²) in [5.41, 5.74) is 1.72. The number of aromatic nitrogens is 2. The van der Waals surface area contributed by atoms with Gasteiger partial charge < -0.3 is 4.90 Å². The molecule has 0 aliphatic carbocycles. The number of benzene rings is 1. The van der Waals surface area contributed by atoms with Crippen molar-refractivity contribution < 1.29 is 22.0 Å². The van der Waals surface area contributed by atoms with Gasteiger partial charge in [-0.15, -0.1) is 0 Å². The maximum Gasteiger partial charge on any atom is 0.319 e. The minimum Gasteiger partial charge on any atom is -0.364 e. The summed E-state index contributed by atoms with van der Waals surface area (Å²) in [6.45, 7) is 4.92. The van der Waals surface area contributed by atoms with E-state index >= 15 is 0 Å². The SMILES string of the molecule is CCC.O=C(N=S(=O)=O)c1cnn2ccc(N3CCCC3c3cc(F)cc(F)c3)cc12. The molecule has 0 saturated carbocycles. The fourth-order valence-electron chi connectivity index (χ4n) is 3.62. The summed E-state index contributed by atoms with van der Waals surface area (Å²) in [4.78, 5) is 14.0. The van der Waals surface area contributed by atoms with Crippen molar-refractivity contribution in [3.05, 3.63) is 65.5 Å². The number of anilines is 1. The molecule has 31 heavy (non-hydrogen) atoms. The molecule has 1 atom stereocenters. The number of carbonyl (C=O) groups excluding carboxylic acids is 1. The van der Waals surface area contributed by atoms with Gasteiger partial charge in [0.05, 0.1) is 23.3 Å². The highest BCUT2D eigenvalue weighted by Gasteiger charge is 2.28. The average Bonchev–Trinajstić information content (AvgIpc) is 3.34. The van der Waals surface area contributed by atoms with Gasteiger partial charge in [0, 0.05) is 24.5 Å². The summed E-state index contributed by atoms with van der Waals surface area (Å²) < 4.78 is 53.1. The van der Waals surface area contributed by atoms with Crippen LogP contribution in [0.4, 0.5) is 14.5 Å². The van der Waals surface area contributed by atoms with Gasteiger partial charge in [0.25, 0.3) is 5.91 Å². The largest absolute Gasteiger partial charge is 0.364 e. The second kappa shape index (κ2) is 9.78. The second-order valence-electron chi connectivity index (χ2n) is 7.15. The molecule has 1 unspecified atom stereocenters. The number of halogens is 2. The van der Waals surface area contributed by atoms with Crippen molar-refractivity contribution in [3.63, 3.8) is 0 Å². The summed E-state index contributed by atoms with van der Waals surface area (Å²) in [6, 6.07) is 6.74. The maximum atomic E-state index is 13.7. The van der Waals surface area contributed by atoms with Crippen LogP contribution in [0.15, 0.2) is 47.1 Å². The quantitative estimate of drug-likeness (QED) is 0.586. The first-order valence-corrected chi connectivity index (χ1v) is 10.9. The first-order valence-electron chi connectivity index (χ1n) is 9.89. The molecule has 3 aromatic rings. The molecule has 1 amide bonds. The van der Waals surface area contributed by atoms with Crippen LogP contribution in [0.5, 0.6) is 0 Å². The zero-order valence-electron chi connectivity index (χ0n) is 17.1. The van der Waals surface area contributed by atoms with Crippen LogP contribution < -0.4 is 4.90 Å². The van der Waals surface area contributed by atoms with Crippen LogP contribution in [0, 0.1) is 11.6 Å². The molecule has 10 heteroatoms. The lowest BCUT2D eigenvalue weighted by Gasteiger charge is -2.27. The first-order chi connectivity index (χ1) is 14.8. The lowest BCUT2D eigenvalue weighted by atomic mass is 10.0. The van der Waals surface area contributed by atoms with E-state index in [1.807, 2.05) is 4.90 Å². The Morgan fingerprint density at radius 3 is 2.52 bits per heavy atom. The molecule has 1 saturated heterocycles. The highest BCUT2D eigenvalue weighted by atomic mass is 32.2. The van der Waals surface area contributed by atoms with Crippen LogP contribution in [0.1, 0.15) is 55.1 Å². The molecule has 7 nitrogen and oxygen atoms in total. The van der Waals surface area contributed by atoms with Gasteiger partial charge in [-0.1, -0.05) is 24.6 Å². The van der Waals surface area contributed by atoms with Gasteiger partial charge >= 0.3 is 10.5 Å². The number of hydrogen-bond acceptors (Lipinski definition) is 5. The Kier molecular flexibility index (Phi) is 7.11. The van der Waals surface area contributed by atoms with Crippen molar-refractivity contribution in [1.29, 1.82) is 0 Å². The van der Waals surface area contributed by atoms with Gasteiger partial charge in [0.15, 0.2) is 0 Å². The van der Waals surface area contributed by atoms with Crippen molar-refractivity contribution in [1.82, 2.24) is 9.61 Å². The van der Waals surface area contributed by atoms with Gasteiger partial charge in [-0.05, 0) is 42.7 Å². The monoisotopic (exact) mass is 448 g/mol. The van der Waals surface area contributed by atoms with Crippen molar-refractivity contribution in [2.75, 3.05) is 11.4 Å². The predicted octanol–water partition coefficient (Wildman–Crippen LogP) is 4.57. The zero-order chi connectivity index (χ0) is 22.5. The van der Waals surface area contributed by atoms with Crippen LogP contribution >= 0.6 is 0 Å². The summed E-state index contributed by atoms with van der Waals surface area (Å²) in [6.07, 6.45) is 5.70. The van der Waals surface area contributed by atoms with E-state index in [0.717, 1.165) is 24.6 Å². The van der Waals surface area contributed by atoms with Gasteiger partial charge in [0.1, 0.15) is 11.6 Å². The standard InChI is InChI=1S/C18H14F2N4O3S.C3H8/c19-12-6-11(7-13(20)8-12)16-2-1-4-23(16)14-3-5-24-17(9-14)15(10-21-24)18(25)22-28(26)27;1-3-2/h3,5-10,16H,1-2,4H2;3H2,1-2H3. The highest BCUT2D eigenvalue weighted by Crippen LogP contribution is 2.37. The van der Waals surface area contributed by atoms with Crippen molar-refractivity contribution in [3.8, 4) is 0 Å². The van der Waals surface area contributed by atoms with Gasteiger partial charge in [-0.2, -0.15) is 13.5 Å². The average molecular weight is 448 g/mol. The fraction of sp³-hybridized carbons (Fsp3) is 0.333. The minimum atomic E-state index is -2.86. The predicted molar refractivity (Wildman–Crippen MR) is 113 cm³/mol. The van der Waals surface area contributed by atoms with E-state index in [2.05, 4.69) is 23.3 Å². The Labute approximate surface area is 180 Å². The number of rotatable bonds is 3. The molecule has 164 valence electrons. The Bertz CT molecular complexity index is 1210. The smallest absolute Gasteiger partial charge is 0.319 e. The first kappa shape index (κ1) is 22.5. The number of fused-ring (bicyclic) bond motifs is 1. The molecule has 1 aromatic carbocycles. The molecule has 1 aliphatic heterocycles. The van der Waals surface area contributed by atoms with E-state index in [0.29, 0.717) is 17.6 Å². The van der Waals surface area contributed by atoms with Crippen molar-refractivity contribution >= 4 is 27.6 Å². The third-order valence-electron chi connectivity index (χ3n) is 4.75. The highest BCUT2D eigenvalue weighted by molar-refractivity contribution is 7.62. The van der Waals surface area contributed by atoms with Crippen LogP contribution in [-0.4, -0.2) is 30.5 Å². The number of carbonyl (C=O) groups is 1. The Morgan fingerprint density at radius 1 is 1.19 bits per heavy atom. The number of amides is 1. The van der Waals surface area contributed by atoms with Gasteiger partial charge in [-0.3, -0.25) is 4.79 Å². The van der Waals surface area contributed by atoms with Crippen LogP contribution in [0.2, 0.25) is 0 Å². The molecule has 0 N–H and O–H groups in total. The molecule has 0 radical (unpaired) electrons. The summed E-state index contributed by atoms with van der Waals surface area (Å²) in [7, 11) is -2.86. The van der Waals surface area contributed by atoms with Crippen molar-refractivity contribution in [2.45, 2.75) is 39.2 Å². The van der Waals surface area contributed by atoms with E-state index in [-0.39, 0.29) is 11.6 Å². The van der Waals surface area contributed by atoms with E-state index < -0.39 is 28.0 Å². The van der Waals surface area contributed by atoms with Crippen molar-refractivity contribution in [2.24, 2.45) is 4.36 Å². The van der Waals surface area contributed by atoms with E-state index in [9.17, 15) is 22.0 Å². The summed E-state index contributed by atoms with van der Waals surface area (Å²) >= 11 is 0. The normalized spacial score (nSPS) is 15.5. The second-order valence-corrected chi connectivity index (χ2v) is 7.76. The van der Waals surface area contributed by atoms with Gasteiger partial charge in [0.2, 0.25) is 0 Å². The molecule has 1 aliphatic rings. The van der Waals surface area contributed by atoms with Crippen LogP contribution in [-0.2, 0) is 10.5 Å². The minimum absolute atomic E-state index is 0.0543. The molecule has 4 rings (SSSR count). The molecule has 3 heterocycles. The maximum absolute atomic E-state index is 13.7. The number of pyridine rings is 1. The lowest BCUT2D eigenvalue weighted by Crippen LogP contribution is -2.23. The lowest BCUT2D eigenvalue weighted by molar-refractivity contribution is 0.101. The zero-order valence-corrected chi connectivity index (χ0v) is 17.9. The Morgan fingerprint density at radius 2 is 1.87 bits per heavy atom. The molecule has 1 fully saturated rings. The van der Waals surface area contributed by atoms with Crippen LogP contribution in [0.25, 0.3) is 5.52 Å². The number of nitrogens with zero attached hydrogens (tertiary/aromatic N) is 4. The Balaban J connectivity index is 0.000000858. The third kappa shape index (κ3) is 5.13. The summed E-state index contributed by atoms with van der Waals surface area (Å²) in [5, 5.41) is 4.03. The summed E-state index contributed by atoms with van der Waals surface area (Å²) in [5.74, 6) is -2.17. The molecule has 0 bridgehead atoms. The Hall–Kier alpha value is -3.14. The molecule has 0 spiro atoms. The van der Waals surface area contributed by atoms with E-state index in [4.69, 9.17) is 0 Å².